The van der Waals surface area contributed by atoms with Crippen molar-refractivity contribution >= 4 is 11.6 Å². The van der Waals surface area contributed by atoms with Gasteiger partial charge in [-0.3, -0.25) is 9.59 Å². The Morgan fingerprint density at radius 3 is 2.46 bits per heavy atom. The maximum Gasteiger partial charge on any atom is 0.198 e. The molecule has 3 aliphatic carbocycles. The number of ketones is 2. The molecule has 1 unspecified atom stereocenters. The molecule has 3 N–H and O–H groups in total. The van der Waals surface area contributed by atoms with Crippen LogP contribution in [0.25, 0.3) is 11.1 Å². The minimum Gasteiger partial charge on any atom is -0.507 e. The molecule has 26 heavy (non-hydrogen) atoms. The average molecular weight is 350 g/mol. The molecule has 0 radical (unpaired) electrons. The van der Waals surface area contributed by atoms with E-state index < -0.39 is 23.7 Å². The summed E-state index contributed by atoms with van der Waals surface area (Å²) in [4.78, 5) is 25.1. The van der Waals surface area contributed by atoms with E-state index in [9.17, 15) is 24.9 Å². The molecule has 4 atom stereocenters. The summed E-state index contributed by atoms with van der Waals surface area (Å²) in [6.07, 6.45) is -0.851. The molecule has 0 bridgehead atoms. The molecule has 6 rings (SSSR count). The lowest BCUT2D eigenvalue weighted by Gasteiger charge is -2.46. The van der Waals surface area contributed by atoms with Crippen molar-refractivity contribution in [3.05, 3.63) is 46.5 Å². The number of aliphatic hydroxyl groups is 1. The van der Waals surface area contributed by atoms with Crippen molar-refractivity contribution in [2.24, 2.45) is 0 Å². The highest BCUT2D eigenvalue weighted by atomic mass is 16.6. The van der Waals surface area contributed by atoms with Crippen LogP contribution in [-0.2, 0) is 10.3 Å². The van der Waals surface area contributed by atoms with E-state index in [0.29, 0.717) is 22.3 Å². The maximum absolute atomic E-state index is 12.7. The van der Waals surface area contributed by atoms with E-state index in [4.69, 9.17) is 4.74 Å². The first kappa shape index (κ1) is 14.5. The second-order valence-corrected chi connectivity index (χ2v) is 7.51. The van der Waals surface area contributed by atoms with Crippen LogP contribution in [0.15, 0.2) is 24.3 Å². The standard InChI is InChI=1S/C20H14O6/c21-9-4-2-8-7-1-3-10(22)14-12(7)16(18-19(26-18)17(14)24)20(25)6-5-11(23)13(9)15(8)20/h1-4,16,18-19,21-22,25H,5-6H2/t16?,18-,19+,20+/m1/s1. The van der Waals surface area contributed by atoms with Crippen molar-refractivity contribution in [3.63, 3.8) is 0 Å². The quantitative estimate of drug-likeness (QED) is 0.627. The highest BCUT2D eigenvalue weighted by Crippen LogP contribution is 2.63. The Hall–Kier alpha value is -2.70. The lowest BCUT2D eigenvalue weighted by atomic mass is 9.58. The van der Waals surface area contributed by atoms with Crippen molar-refractivity contribution in [1.82, 2.24) is 0 Å². The third-order valence-electron chi connectivity index (χ3n) is 6.33. The number of fused-ring (bicyclic) bond motifs is 4. The Kier molecular flexibility index (Phi) is 2.32. The minimum absolute atomic E-state index is 0.103. The monoisotopic (exact) mass is 350 g/mol. The minimum atomic E-state index is -1.42. The second kappa shape index (κ2) is 4.16. The molecule has 0 spiro atoms. The molecule has 0 amide bonds. The highest BCUT2D eigenvalue weighted by molar-refractivity contribution is 6.10. The number of rotatable bonds is 0. The smallest absolute Gasteiger partial charge is 0.198 e. The summed E-state index contributed by atoms with van der Waals surface area (Å²) in [7, 11) is 0. The Morgan fingerprint density at radius 2 is 1.69 bits per heavy atom. The van der Waals surface area contributed by atoms with Gasteiger partial charge in [-0.2, -0.15) is 0 Å². The molecule has 6 heteroatoms. The number of carbonyl (C=O) groups excluding carboxylic acids is 2. The molecule has 1 saturated heterocycles. The molecule has 1 fully saturated rings. The van der Waals surface area contributed by atoms with E-state index in [0.717, 1.165) is 0 Å². The number of hydrogen-bond donors (Lipinski definition) is 3. The number of epoxide rings is 1. The topological polar surface area (TPSA) is 107 Å². The Bertz CT molecular complexity index is 1070. The fourth-order valence-corrected chi connectivity index (χ4v) is 5.24. The summed E-state index contributed by atoms with van der Waals surface area (Å²) in [5, 5.41) is 32.3. The van der Waals surface area contributed by atoms with E-state index in [1.54, 1.807) is 12.1 Å². The van der Waals surface area contributed by atoms with Gasteiger partial charge in [-0.15, -0.1) is 0 Å². The molecule has 2 aromatic rings. The number of phenols is 2. The number of phenolic OH excluding ortho intramolecular Hbond substituents is 2. The average Bonchev–Trinajstić information content (AvgIpc) is 3.40. The van der Waals surface area contributed by atoms with Gasteiger partial charge < -0.3 is 20.1 Å². The van der Waals surface area contributed by atoms with Gasteiger partial charge >= 0.3 is 0 Å². The lowest BCUT2D eigenvalue weighted by molar-refractivity contribution is -0.0177. The summed E-state index contributed by atoms with van der Waals surface area (Å²) in [6.45, 7) is 0. The van der Waals surface area contributed by atoms with E-state index in [2.05, 4.69) is 0 Å². The van der Waals surface area contributed by atoms with Crippen molar-refractivity contribution in [3.8, 4) is 22.6 Å². The van der Waals surface area contributed by atoms with E-state index >= 15 is 0 Å². The number of ether oxygens (including phenoxy) is 1. The van der Waals surface area contributed by atoms with E-state index in [1.165, 1.54) is 12.1 Å². The molecule has 130 valence electrons. The zero-order valence-electron chi connectivity index (χ0n) is 13.5. The van der Waals surface area contributed by atoms with Gasteiger partial charge in [0.05, 0.1) is 11.1 Å². The summed E-state index contributed by atoms with van der Waals surface area (Å²) >= 11 is 0. The molecular weight excluding hydrogens is 336 g/mol. The van der Waals surface area contributed by atoms with Gasteiger partial charge in [0, 0.05) is 17.9 Å². The largest absolute Gasteiger partial charge is 0.507 e. The molecule has 1 aliphatic heterocycles. The predicted molar refractivity (Wildman–Crippen MR) is 88.4 cm³/mol. The zero-order valence-corrected chi connectivity index (χ0v) is 13.5. The van der Waals surface area contributed by atoms with Crippen LogP contribution in [0, 0.1) is 0 Å². The summed E-state index contributed by atoms with van der Waals surface area (Å²) in [6, 6.07) is 6.26. The first-order valence-corrected chi connectivity index (χ1v) is 8.61. The van der Waals surface area contributed by atoms with Crippen LogP contribution in [0.3, 0.4) is 0 Å². The summed E-state index contributed by atoms with van der Waals surface area (Å²) in [5.74, 6) is -1.28. The first-order chi connectivity index (χ1) is 12.4. The van der Waals surface area contributed by atoms with Gasteiger partial charge in [0.15, 0.2) is 11.6 Å². The van der Waals surface area contributed by atoms with Crippen molar-refractivity contribution < 1.29 is 29.6 Å². The van der Waals surface area contributed by atoms with Crippen LogP contribution >= 0.6 is 0 Å². The summed E-state index contributed by atoms with van der Waals surface area (Å²) < 4.78 is 5.59. The van der Waals surface area contributed by atoms with Gasteiger partial charge in [-0.25, -0.2) is 0 Å². The Morgan fingerprint density at radius 1 is 1.00 bits per heavy atom. The number of Topliss-reactive ketones (excluding diaryl/α,β-unsaturated/α-hetero) is 2. The van der Waals surface area contributed by atoms with Crippen LogP contribution < -0.4 is 0 Å². The fourth-order valence-electron chi connectivity index (χ4n) is 5.24. The van der Waals surface area contributed by atoms with E-state index in [-0.39, 0.29) is 47.0 Å². The van der Waals surface area contributed by atoms with Crippen LogP contribution in [0.4, 0.5) is 0 Å². The van der Waals surface area contributed by atoms with Gasteiger partial charge in [0.2, 0.25) is 0 Å². The van der Waals surface area contributed by atoms with Gasteiger partial charge in [0.25, 0.3) is 0 Å². The number of carbonyl (C=O) groups is 2. The Labute approximate surface area is 147 Å². The van der Waals surface area contributed by atoms with Gasteiger partial charge in [-0.05, 0) is 35.2 Å². The highest BCUT2D eigenvalue weighted by Gasteiger charge is 2.65. The van der Waals surface area contributed by atoms with Crippen LogP contribution in [0.5, 0.6) is 11.5 Å². The second-order valence-electron chi connectivity index (χ2n) is 7.51. The maximum atomic E-state index is 12.7. The molecule has 1 heterocycles. The molecule has 2 aromatic carbocycles. The van der Waals surface area contributed by atoms with Crippen LogP contribution in [-0.4, -0.2) is 39.1 Å². The molecule has 0 aromatic heterocycles. The Balaban J connectivity index is 1.80. The summed E-state index contributed by atoms with van der Waals surface area (Å²) in [5.41, 5.74) is 1.27. The van der Waals surface area contributed by atoms with Gasteiger partial charge in [0.1, 0.15) is 29.3 Å². The SMILES string of the molecule is O=C1CC[C@]2(O)c3c(ccc(O)c31)-c1ccc(O)c3c1C2[C@H]1O[C@H]1C3=O. The predicted octanol–water partition coefficient (Wildman–Crippen LogP) is 1.99. The van der Waals surface area contributed by atoms with Crippen molar-refractivity contribution in [2.75, 3.05) is 0 Å². The third-order valence-corrected chi connectivity index (χ3v) is 6.33. The van der Waals surface area contributed by atoms with Gasteiger partial charge in [-0.1, -0.05) is 12.1 Å². The lowest BCUT2D eigenvalue weighted by Crippen LogP contribution is -2.46. The van der Waals surface area contributed by atoms with Crippen molar-refractivity contribution in [2.45, 2.75) is 36.6 Å². The first-order valence-electron chi connectivity index (χ1n) is 8.61. The number of benzene rings is 2. The zero-order chi connectivity index (χ0) is 18.0. The molecular formula is C20H14O6. The number of aromatic hydroxyl groups is 2. The van der Waals surface area contributed by atoms with Crippen LogP contribution in [0.2, 0.25) is 0 Å². The molecule has 6 nitrogen and oxygen atoms in total. The normalized spacial score (nSPS) is 32.6. The molecule has 4 aliphatic rings. The van der Waals surface area contributed by atoms with Crippen LogP contribution in [0.1, 0.15) is 50.6 Å². The fraction of sp³-hybridized carbons (Fsp3) is 0.300. The molecule has 0 saturated carbocycles. The third kappa shape index (κ3) is 1.40. The number of hydrogen-bond acceptors (Lipinski definition) is 6. The van der Waals surface area contributed by atoms with E-state index in [1.807, 2.05) is 0 Å². The van der Waals surface area contributed by atoms with Crippen molar-refractivity contribution in [1.29, 1.82) is 0 Å².